The standard InChI is InChI=1S/C9H6F4O2/c1-5(14)6-2-3-7(10)8(4-6)15-9(11,12)13/h2-4H,1H3. The second kappa shape index (κ2) is 3.88. The average Bonchev–Trinajstić information content (AvgIpc) is 2.06. The minimum atomic E-state index is -4.98. The number of hydrogen-bond acceptors (Lipinski definition) is 2. The third-order valence-electron chi connectivity index (χ3n) is 1.56. The lowest BCUT2D eigenvalue weighted by atomic mass is 10.1. The van der Waals surface area contributed by atoms with E-state index < -0.39 is 23.7 Å². The first-order valence-corrected chi connectivity index (χ1v) is 3.86. The van der Waals surface area contributed by atoms with Crippen LogP contribution in [0.2, 0.25) is 0 Å². The number of benzene rings is 1. The molecule has 0 spiro atoms. The van der Waals surface area contributed by atoms with Gasteiger partial charge < -0.3 is 4.74 Å². The van der Waals surface area contributed by atoms with Gasteiger partial charge in [-0.15, -0.1) is 13.2 Å². The maximum Gasteiger partial charge on any atom is 0.573 e. The van der Waals surface area contributed by atoms with Gasteiger partial charge in [0.2, 0.25) is 0 Å². The van der Waals surface area contributed by atoms with Crippen molar-refractivity contribution >= 4 is 5.78 Å². The van der Waals surface area contributed by atoms with E-state index in [0.717, 1.165) is 19.1 Å². The minimum Gasteiger partial charge on any atom is -0.403 e. The molecule has 1 aromatic rings. The van der Waals surface area contributed by atoms with Crippen LogP contribution in [0.5, 0.6) is 5.75 Å². The van der Waals surface area contributed by atoms with Gasteiger partial charge in [-0.05, 0) is 25.1 Å². The maximum absolute atomic E-state index is 12.8. The van der Waals surface area contributed by atoms with E-state index in [1.165, 1.54) is 0 Å². The van der Waals surface area contributed by atoms with E-state index >= 15 is 0 Å². The van der Waals surface area contributed by atoms with E-state index in [9.17, 15) is 22.4 Å². The van der Waals surface area contributed by atoms with Crippen molar-refractivity contribution in [3.63, 3.8) is 0 Å². The molecule has 0 aliphatic heterocycles. The number of carbonyl (C=O) groups excluding carboxylic acids is 1. The molecule has 0 amide bonds. The Morgan fingerprint density at radius 1 is 1.33 bits per heavy atom. The van der Waals surface area contributed by atoms with Crippen LogP contribution in [-0.2, 0) is 0 Å². The lowest BCUT2D eigenvalue weighted by molar-refractivity contribution is -0.275. The number of ketones is 1. The summed E-state index contributed by atoms with van der Waals surface area (Å²) in [4.78, 5) is 10.8. The van der Waals surface area contributed by atoms with Gasteiger partial charge >= 0.3 is 6.36 Å². The van der Waals surface area contributed by atoms with E-state index in [-0.39, 0.29) is 5.56 Å². The SMILES string of the molecule is CC(=O)c1ccc(F)c(OC(F)(F)F)c1. The summed E-state index contributed by atoms with van der Waals surface area (Å²) in [5.41, 5.74) is -0.0457. The Bertz CT molecular complexity index is 384. The Labute approximate surface area is 82.5 Å². The van der Waals surface area contributed by atoms with Crippen LogP contribution in [-0.4, -0.2) is 12.1 Å². The van der Waals surface area contributed by atoms with Crippen molar-refractivity contribution in [1.29, 1.82) is 0 Å². The summed E-state index contributed by atoms with van der Waals surface area (Å²) in [5.74, 6) is -2.64. The second-order valence-electron chi connectivity index (χ2n) is 2.75. The zero-order chi connectivity index (χ0) is 11.6. The molecule has 0 saturated carbocycles. The van der Waals surface area contributed by atoms with Crippen molar-refractivity contribution < 1.29 is 27.1 Å². The van der Waals surface area contributed by atoms with Gasteiger partial charge in [0.25, 0.3) is 0 Å². The zero-order valence-electron chi connectivity index (χ0n) is 7.56. The van der Waals surface area contributed by atoms with Crippen LogP contribution in [0.25, 0.3) is 0 Å². The molecule has 0 radical (unpaired) electrons. The number of halogens is 4. The molecule has 1 aromatic carbocycles. The average molecular weight is 222 g/mol. The quantitative estimate of drug-likeness (QED) is 0.568. The molecule has 0 heterocycles. The molecule has 0 fully saturated rings. The van der Waals surface area contributed by atoms with E-state index in [1.807, 2.05) is 0 Å². The number of alkyl halides is 3. The van der Waals surface area contributed by atoms with Crippen molar-refractivity contribution in [1.82, 2.24) is 0 Å². The first-order chi connectivity index (χ1) is 6.79. The highest BCUT2D eigenvalue weighted by atomic mass is 19.4. The number of ether oxygens (including phenoxy) is 1. The van der Waals surface area contributed by atoms with Gasteiger partial charge in [0.05, 0.1) is 0 Å². The van der Waals surface area contributed by atoms with Crippen LogP contribution in [0.3, 0.4) is 0 Å². The summed E-state index contributed by atoms with van der Waals surface area (Å²) in [6.45, 7) is 1.16. The molecule has 2 nitrogen and oxygen atoms in total. The van der Waals surface area contributed by atoms with Gasteiger partial charge in [-0.1, -0.05) is 0 Å². The molecule has 0 atom stereocenters. The topological polar surface area (TPSA) is 26.3 Å². The van der Waals surface area contributed by atoms with Gasteiger partial charge in [0.1, 0.15) is 0 Å². The van der Waals surface area contributed by atoms with Crippen molar-refractivity contribution in [3.05, 3.63) is 29.6 Å². The normalized spacial score (nSPS) is 11.3. The van der Waals surface area contributed by atoms with Crippen LogP contribution >= 0.6 is 0 Å². The summed E-state index contributed by atoms with van der Waals surface area (Å²) in [5, 5.41) is 0. The molecule has 6 heteroatoms. The highest BCUT2D eigenvalue weighted by Crippen LogP contribution is 2.26. The molecular formula is C9H6F4O2. The number of carbonyl (C=O) groups is 1. The maximum atomic E-state index is 12.8. The molecule has 1 rings (SSSR count). The van der Waals surface area contributed by atoms with E-state index in [1.54, 1.807) is 0 Å². The molecular weight excluding hydrogens is 216 g/mol. The van der Waals surface area contributed by atoms with Crippen LogP contribution < -0.4 is 4.74 Å². The van der Waals surface area contributed by atoms with Gasteiger partial charge in [0.15, 0.2) is 17.3 Å². The fourth-order valence-corrected chi connectivity index (χ4v) is 0.925. The molecule has 0 N–H and O–H groups in total. The highest BCUT2D eigenvalue weighted by Gasteiger charge is 2.32. The van der Waals surface area contributed by atoms with Crippen LogP contribution in [0.15, 0.2) is 18.2 Å². The Morgan fingerprint density at radius 2 is 1.93 bits per heavy atom. The summed E-state index contributed by atoms with van der Waals surface area (Å²) in [6.07, 6.45) is -4.98. The minimum absolute atomic E-state index is 0.0457. The first kappa shape index (κ1) is 11.5. The predicted octanol–water partition coefficient (Wildman–Crippen LogP) is 2.93. The predicted molar refractivity (Wildman–Crippen MR) is 43.1 cm³/mol. The number of rotatable bonds is 2. The molecule has 0 bridgehead atoms. The van der Waals surface area contributed by atoms with Crippen LogP contribution in [0, 0.1) is 5.82 Å². The highest BCUT2D eigenvalue weighted by molar-refractivity contribution is 5.94. The van der Waals surface area contributed by atoms with Gasteiger partial charge in [-0.25, -0.2) is 4.39 Å². The van der Waals surface area contributed by atoms with Crippen LogP contribution in [0.1, 0.15) is 17.3 Å². The van der Waals surface area contributed by atoms with Gasteiger partial charge in [-0.3, -0.25) is 4.79 Å². The largest absolute Gasteiger partial charge is 0.573 e. The van der Waals surface area contributed by atoms with E-state index in [0.29, 0.717) is 6.07 Å². The third kappa shape index (κ3) is 3.23. The Kier molecular flexibility index (Phi) is 2.97. The molecule has 0 aliphatic rings. The zero-order valence-corrected chi connectivity index (χ0v) is 7.56. The van der Waals surface area contributed by atoms with Gasteiger partial charge in [-0.2, -0.15) is 0 Å². The number of Topliss-reactive ketones (excluding diaryl/α,β-unsaturated/α-hetero) is 1. The summed E-state index contributed by atoms with van der Waals surface area (Å²) in [6, 6.07) is 2.55. The van der Waals surface area contributed by atoms with Crippen molar-refractivity contribution in [2.24, 2.45) is 0 Å². The first-order valence-electron chi connectivity index (χ1n) is 3.86. The van der Waals surface area contributed by atoms with Crippen LogP contribution in [0.4, 0.5) is 17.6 Å². The second-order valence-corrected chi connectivity index (χ2v) is 2.75. The van der Waals surface area contributed by atoms with Crippen molar-refractivity contribution in [2.45, 2.75) is 13.3 Å². The third-order valence-corrected chi connectivity index (χ3v) is 1.56. The van der Waals surface area contributed by atoms with Crippen molar-refractivity contribution in [2.75, 3.05) is 0 Å². The molecule has 0 unspecified atom stereocenters. The summed E-state index contributed by atoms with van der Waals surface area (Å²) < 4.78 is 51.6. The van der Waals surface area contributed by atoms with Crippen molar-refractivity contribution in [3.8, 4) is 5.75 Å². The molecule has 0 saturated heterocycles. The molecule has 15 heavy (non-hydrogen) atoms. The van der Waals surface area contributed by atoms with E-state index in [2.05, 4.69) is 4.74 Å². The molecule has 0 aliphatic carbocycles. The summed E-state index contributed by atoms with van der Waals surface area (Å²) in [7, 11) is 0. The Hall–Kier alpha value is -1.59. The fraction of sp³-hybridized carbons (Fsp3) is 0.222. The van der Waals surface area contributed by atoms with Gasteiger partial charge in [0, 0.05) is 5.56 Å². The number of hydrogen-bond donors (Lipinski definition) is 0. The summed E-state index contributed by atoms with van der Waals surface area (Å²) >= 11 is 0. The fourth-order valence-electron chi connectivity index (χ4n) is 0.925. The lowest BCUT2D eigenvalue weighted by Gasteiger charge is -2.10. The molecule has 0 aromatic heterocycles. The Morgan fingerprint density at radius 3 is 2.40 bits per heavy atom. The Balaban J connectivity index is 3.06. The lowest BCUT2D eigenvalue weighted by Crippen LogP contribution is -2.18. The smallest absolute Gasteiger partial charge is 0.403 e. The molecule has 82 valence electrons. The van der Waals surface area contributed by atoms with E-state index in [4.69, 9.17) is 0 Å². The monoisotopic (exact) mass is 222 g/mol.